The standard InChI is InChI=1S/C15H17NO4/c1-10-13(17)6-3-7-14(10)20-11(2)15(18)16-9-12-5-4-8-19-12/h3-8,11,17H,9H2,1-2H3,(H,16,18). The van der Waals surface area contributed by atoms with Crippen LogP contribution in [0.25, 0.3) is 0 Å². The minimum atomic E-state index is -0.662. The highest BCUT2D eigenvalue weighted by Crippen LogP contribution is 2.26. The van der Waals surface area contributed by atoms with Crippen molar-refractivity contribution in [2.24, 2.45) is 0 Å². The third-order valence-electron chi connectivity index (χ3n) is 2.95. The summed E-state index contributed by atoms with van der Waals surface area (Å²) in [5.41, 5.74) is 0.609. The Morgan fingerprint density at radius 3 is 2.90 bits per heavy atom. The van der Waals surface area contributed by atoms with Gasteiger partial charge in [-0.3, -0.25) is 4.79 Å². The van der Waals surface area contributed by atoms with Gasteiger partial charge in [0.1, 0.15) is 17.3 Å². The number of hydrogen-bond donors (Lipinski definition) is 2. The number of phenols is 1. The molecule has 2 N–H and O–H groups in total. The summed E-state index contributed by atoms with van der Waals surface area (Å²) in [5.74, 6) is 1.07. The molecule has 2 aromatic rings. The molecule has 5 heteroatoms. The molecule has 0 aliphatic rings. The van der Waals surface area contributed by atoms with E-state index in [1.165, 1.54) is 0 Å². The molecule has 2 rings (SSSR count). The largest absolute Gasteiger partial charge is 0.508 e. The van der Waals surface area contributed by atoms with Crippen LogP contribution in [-0.4, -0.2) is 17.1 Å². The van der Waals surface area contributed by atoms with Crippen molar-refractivity contribution in [3.05, 3.63) is 47.9 Å². The van der Waals surface area contributed by atoms with Crippen LogP contribution in [0.5, 0.6) is 11.5 Å². The Morgan fingerprint density at radius 1 is 1.40 bits per heavy atom. The molecule has 0 saturated heterocycles. The summed E-state index contributed by atoms with van der Waals surface area (Å²) in [4.78, 5) is 11.9. The SMILES string of the molecule is Cc1c(O)cccc1OC(C)C(=O)NCc1ccco1. The molecule has 106 valence electrons. The zero-order chi connectivity index (χ0) is 14.5. The van der Waals surface area contributed by atoms with Crippen molar-refractivity contribution in [3.8, 4) is 11.5 Å². The third kappa shape index (κ3) is 3.32. The smallest absolute Gasteiger partial charge is 0.261 e. The monoisotopic (exact) mass is 275 g/mol. The molecule has 1 aromatic heterocycles. The van der Waals surface area contributed by atoms with E-state index in [0.29, 0.717) is 23.6 Å². The number of rotatable bonds is 5. The average Bonchev–Trinajstić information content (AvgIpc) is 2.94. The topological polar surface area (TPSA) is 71.7 Å². The van der Waals surface area contributed by atoms with Crippen molar-refractivity contribution in [2.45, 2.75) is 26.5 Å². The van der Waals surface area contributed by atoms with Crippen LogP contribution in [0.2, 0.25) is 0 Å². The number of furan rings is 1. The van der Waals surface area contributed by atoms with E-state index in [1.54, 1.807) is 50.4 Å². The summed E-state index contributed by atoms with van der Waals surface area (Å²) < 4.78 is 10.7. The highest BCUT2D eigenvalue weighted by atomic mass is 16.5. The Kier molecular flexibility index (Phi) is 4.30. The van der Waals surface area contributed by atoms with Gasteiger partial charge < -0.3 is 19.6 Å². The van der Waals surface area contributed by atoms with Gasteiger partial charge in [0, 0.05) is 5.56 Å². The molecule has 0 aliphatic carbocycles. The number of amides is 1. The Morgan fingerprint density at radius 2 is 2.20 bits per heavy atom. The van der Waals surface area contributed by atoms with Crippen LogP contribution in [0.15, 0.2) is 41.0 Å². The first-order valence-corrected chi connectivity index (χ1v) is 6.33. The van der Waals surface area contributed by atoms with E-state index in [0.717, 1.165) is 0 Å². The molecule has 0 aliphatic heterocycles. The van der Waals surface area contributed by atoms with Gasteiger partial charge in [0.2, 0.25) is 0 Å². The molecule has 1 aromatic carbocycles. The van der Waals surface area contributed by atoms with E-state index in [2.05, 4.69) is 5.32 Å². The maximum absolute atomic E-state index is 11.9. The van der Waals surface area contributed by atoms with E-state index in [4.69, 9.17) is 9.15 Å². The lowest BCUT2D eigenvalue weighted by atomic mass is 10.2. The van der Waals surface area contributed by atoms with Crippen LogP contribution in [0.1, 0.15) is 18.2 Å². The first kappa shape index (κ1) is 14.0. The van der Waals surface area contributed by atoms with Gasteiger partial charge in [-0.25, -0.2) is 0 Å². The van der Waals surface area contributed by atoms with Crippen molar-refractivity contribution < 1.29 is 19.1 Å². The molecule has 20 heavy (non-hydrogen) atoms. The number of benzene rings is 1. The number of hydrogen-bond acceptors (Lipinski definition) is 4. The molecule has 0 saturated carbocycles. The quantitative estimate of drug-likeness (QED) is 0.878. The summed E-state index contributed by atoms with van der Waals surface area (Å²) in [6.07, 6.45) is 0.891. The molecule has 0 radical (unpaired) electrons. The van der Waals surface area contributed by atoms with Gasteiger partial charge in [0.25, 0.3) is 5.91 Å². The normalized spacial score (nSPS) is 11.9. The van der Waals surface area contributed by atoms with Crippen LogP contribution in [-0.2, 0) is 11.3 Å². The molecule has 0 bridgehead atoms. The fraction of sp³-hybridized carbons (Fsp3) is 0.267. The van der Waals surface area contributed by atoms with Gasteiger partial charge in [-0.15, -0.1) is 0 Å². The van der Waals surface area contributed by atoms with E-state index in [9.17, 15) is 9.90 Å². The Labute approximate surface area is 117 Å². The fourth-order valence-electron chi connectivity index (χ4n) is 1.71. The van der Waals surface area contributed by atoms with Crippen LogP contribution in [0.4, 0.5) is 0 Å². The zero-order valence-electron chi connectivity index (χ0n) is 11.4. The maximum Gasteiger partial charge on any atom is 0.261 e. The minimum Gasteiger partial charge on any atom is -0.508 e. The van der Waals surface area contributed by atoms with Crippen molar-refractivity contribution in [1.29, 1.82) is 0 Å². The molecule has 1 atom stereocenters. The molecular formula is C15H17NO4. The fourth-order valence-corrected chi connectivity index (χ4v) is 1.71. The van der Waals surface area contributed by atoms with Gasteiger partial charge >= 0.3 is 0 Å². The third-order valence-corrected chi connectivity index (χ3v) is 2.95. The summed E-state index contributed by atoms with van der Waals surface area (Å²) in [6, 6.07) is 8.50. The minimum absolute atomic E-state index is 0.144. The summed E-state index contributed by atoms with van der Waals surface area (Å²) in [7, 11) is 0. The van der Waals surface area contributed by atoms with E-state index in [-0.39, 0.29) is 11.7 Å². The van der Waals surface area contributed by atoms with Crippen molar-refractivity contribution in [3.63, 3.8) is 0 Å². The average molecular weight is 275 g/mol. The zero-order valence-corrected chi connectivity index (χ0v) is 11.4. The first-order valence-electron chi connectivity index (χ1n) is 6.33. The number of nitrogens with one attached hydrogen (secondary N) is 1. The number of ether oxygens (including phenoxy) is 1. The predicted octanol–water partition coefficient (Wildman–Crippen LogP) is 2.38. The number of carbonyl (C=O) groups excluding carboxylic acids is 1. The molecule has 1 unspecified atom stereocenters. The number of carbonyl (C=O) groups is 1. The van der Waals surface area contributed by atoms with Gasteiger partial charge in [-0.1, -0.05) is 6.07 Å². The van der Waals surface area contributed by atoms with Gasteiger partial charge in [0.15, 0.2) is 6.10 Å². The molecule has 1 heterocycles. The molecule has 0 fully saturated rings. The van der Waals surface area contributed by atoms with Crippen molar-refractivity contribution in [2.75, 3.05) is 0 Å². The van der Waals surface area contributed by atoms with Crippen molar-refractivity contribution >= 4 is 5.91 Å². The molecule has 0 spiro atoms. The maximum atomic E-state index is 11.9. The first-order chi connectivity index (χ1) is 9.58. The second-order valence-electron chi connectivity index (χ2n) is 4.46. The summed E-state index contributed by atoms with van der Waals surface area (Å²) in [6.45, 7) is 3.71. The lowest BCUT2D eigenvalue weighted by Crippen LogP contribution is -2.35. The van der Waals surface area contributed by atoms with Crippen LogP contribution in [0.3, 0.4) is 0 Å². The number of aromatic hydroxyl groups is 1. The predicted molar refractivity (Wildman–Crippen MR) is 73.5 cm³/mol. The van der Waals surface area contributed by atoms with E-state index >= 15 is 0 Å². The Balaban J connectivity index is 1.92. The van der Waals surface area contributed by atoms with E-state index < -0.39 is 6.10 Å². The highest BCUT2D eigenvalue weighted by molar-refractivity contribution is 5.80. The summed E-state index contributed by atoms with van der Waals surface area (Å²) >= 11 is 0. The lowest BCUT2D eigenvalue weighted by molar-refractivity contribution is -0.127. The highest BCUT2D eigenvalue weighted by Gasteiger charge is 2.16. The Hall–Kier alpha value is -2.43. The lowest BCUT2D eigenvalue weighted by Gasteiger charge is -2.16. The molecular weight excluding hydrogens is 258 g/mol. The second-order valence-corrected chi connectivity index (χ2v) is 4.46. The van der Waals surface area contributed by atoms with E-state index in [1.807, 2.05) is 0 Å². The van der Waals surface area contributed by atoms with Gasteiger partial charge in [-0.2, -0.15) is 0 Å². The second kappa shape index (κ2) is 6.14. The van der Waals surface area contributed by atoms with Crippen LogP contribution < -0.4 is 10.1 Å². The summed E-state index contributed by atoms with van der Waals surface area (Å²) in [5, 5.41) is 12.3. The Bertz CT molecular complexity index is 578. The van der Waals surface area contributed by atoms with Crippen LogP contribution in [0, 0.1) is 6.92 Å². The van der Waals surface area contributed by atoms with Gasteiger partial charge in [0.05, 0.1) is 12.8 Å². The van der Waals surface area contributed by atoms with Crippen LogP contribution >= 0.6 is 0 Å². The molecule has 1 amide bonds. The van der Waals surface area contributed by atoms with Gasteiger partial charge in [-0.05, 0) is 38.1 Å². The van der Waals surface area contributed by atoms with Crippen molar-refractivity contribution in [1.82, 2.24) is 5.32 Å². The number of phenolic OH excluding ortho intramolecular Hbond substituents is 1. The molecule has 5 nitrogen and oxygen atoms in total.